The average molecular weight is 374 g/mol. The number of hydrogen-bond acceptors (Lipinski definition) is 3. The minimum Gasteiger partial charge on any atom is -0.268 e. The molecule has 1 heterocycles. The van der Waals surface area contributed by atoms with Gasteiger partial charge in [-0.05, 0) is 41.1 Å². The van der Waals surface area contributed by atoms with Gasteiger partial charge in [-0.3, -0.25) is 14.5 Å². The van der Waals surface area contributed by atoms with Crippen LogP contribution in [-0.2, 0) is 11.3 Å². The van der Waals surface area contributed by atoms with Gasteiger partial charge in [0.05, 0.1) is 11.4 Å². The number of imide groups is 1. The minimum absolute atomic E-state index is 0.227. The lowest BCUT2D eigenvalue weighted by atomic mass is 10.2. The van der Waals surface area contributed by atoms with Crippen LogP contribution in [0.3, 0.4) is 0 Å². The average Bonchev–Trinajstić information content (AvgIpc) is 2.78. The van der Waals surface area contributed by atoms with Crippen molar-refractivity contribution in [3.63, 3.8) is 0 Å². The Bertz CT molecular complexity index is 741. The molecule has 2 amide bonds. The van der Waals surface area contributed by atoms with Gasteiger partial charge in [0.25, 0.3) is 11.1 Å². The standard InChI is InChI=1S/C17H12BrNO2S/c18-14-8-6-13(7-9-14)11-19-16(20)15(22-17(19)21)10-12-4-2-1-3-5-12/h1-10H,11H2/b15-10-. The van der Waals surface area contributed by atoms with Crippen LogP contribution in [-0.4, -0.2) is 16.0 Å². The molecule has 0 N–H and O–H groups in total. The zero-order chi connectivity index (χ0) is 15.5. The fourth-order valence-electron chi connectivity index (χ4n) is 2.11. The summed E-state index contributed by atoms with van der Waals surface area (Å²) in [7, 11) is 0. The van der Waals surface area contributed by atoms with Crippen LogP contribution in [0, 0.1) is 0 Å². The van der Waals surface area contributed by atoms with Gasteiger partial charge < -0.3 is 0 Å². The second kappa shape index (κ2) is 6.50. The van der Waals surface area contributed by atoms with E-state index in [2.05, 4.69) is 15.9 Å². The first-order chi connectivity index (χ1) is 10.6. The van der Waals surface area contributed by atoms with Crippen LogP contribution in [0.4, 0.5) is 4.79 Å². The van der Waals surface area contributed by atoms with Gasteiger partial charge >= 0.3 is 0 Å². The largest absolute Gasteiger partial charge is 0.293 e. The van der Waals surface area contributed by atoms with E-state index in [0.29, 0.717) is 11.4 Å². The second-order valence-corrected chi connectivity index (χ2v) is 6.71. The summed E-state index contributed by atoms with van der Waals surface area (Å²) in [6.07, 6.45) is 1.76. The number of rotatable bonds is 3. The highest BCUT2D eigenvalue weighted by atomic mass is 79.9. The van der Waals surface area contributed by atoms with Gasteiger partial charge in [0.15, 0.2) is 0 Å². The van der Waals surface area contributed by atoms with E-state index in [4.69, 9.17) is 0 Å². The maximum atomic E-state index is 12.4. The van der Waals surface area contributed by atoms with Gasteiger partial charge in [0.1, 0.15) is 0 Å². The lowest BCUT2D eigenvalue weighted by molar-refractivity contribution is -0.123. The molecule has 0 bridgehead atoms. The molecule has 2 aromatic rings. The van der Waals surface area contributed by atoms with Crippen molar-refractivity contribution in [1.29, 1.82) is 0 Å². The summed E-state index contributed by atoms with van der Waals surface area (Å²) >= 11 is 4.36. The van der Waals surface area contributed by atoms with Gasteiger partial charge in [0, 0.05) is 4.47 Å². The lowest BCUT2D eigenvalue weighted by Crippen LogP contribution is -2.27. The van der Waals surface area contributed by atoms with E-state index >= 15 is 0 Å². The van der Waals surface area contributed by atoms with Gasteiger partial charge in [-0.2, -0.15) is 0 Å². The van der Waals surface area contributed by atoms with E-state index in [1.165, 1.54) is 4.90 Å². The molecule has 0 saturated carbocycles. The molecule has 0 aliphatic carbocycles. The molecule has 1 fully saturated rings. The Morgan fingerprint density at radius 2 is 1.68 bits per heavy atom. The van der Waals surface area contributed by atoms with Crippen molar-refractivity contribution in [2.45, 2.75) is 6.54 Å². The van der Waals surface area contributed by atoms with Crippen molar-refractivity contribution in [2.24, 2.45) is 0 Å². The van der Waals surface area contributed by atoms with Crippen LogP contribution in [0.25, 0.3) is 6.08 Å². The van der Waals surface area contributed by atoms with Gasteiger partial charge in [-0.25, -0.2) is 0 Å². The first kappa shape index (κ1) is 15.1. The molecular formula is C17H12BrNO2S. The Morgan fingerprint density at radius 1 is 1.00 bits per heavy atom. The molecular weight excluding hydrogens is 362 g/mol. The number of benzene rings is 2. The first-order valence-corrected chi connectivity index (χ1v) is 8.29. The Labute approximate surface area is 141 Å². The van der Waals surface area contributed by atoms with E-state index in [-0.39, 0.29) is 11.1 Å². The highest BCUT2D eigenvalue weighted by Gasteiger charge is 2.34. The second-order valence-electron chi connectivity index (χ2n) is 4.81. The molecule has 1 aliphatic heterocycles. The van der Waals surface area contributed by atoms with Crippen molar-refractivity contribution in [1.82, 2.24) is 4.90 Å². The zero-order valence-electron chi connectivity index (χ0n) is 11.5. The van der Waals surface area contributed by atoms with E-state index < -0.39 is 0 Å². The Morgan fingerprint density at radius 3 is 2.36 bits per heavy atom. The van der Waals surface area contributed by atoms with E-state index in [1.807, 2.05) is 54.6 Å². The molecule has 0 atom stereocenters. The predicted octanol–water partition coefficient (Wildman–Crippen LogP) is 4.69. The van der Waals surface area contributed by atoms with Crippen molar-refractivity contribution >= 4 is 44.9 Å². The molecule has 1 saturated heterocycles. The number of carbonyl (C=O) groups excluding carboxylic acids is 2. The smallest absolute Gasteiger partial charge is 0.268 e. The van der Waals surface area contributed by atoms with E-state index in [0.717, 1.165) is 27.4 Å². The number of nitrogens with zero attached hydrogens (tertiary/aromatic N) is 1. The van der Waals surface area contributed by atoms with Crippen LogP contribution >= 0.6 is 27.7 Å². The molecule has 110 valence electrons. The molecule has 2 aromatic carbocycles. The number of hydrogen-bond donors (Lipinski definition) is 0. The number of amides is 2. The topological polar surface area (TPSA) is 37.4 Å². The van der Waals surface area contributed by atoms with Crippen molar-refractivity contribution in [3.05, 3.63) is 75.1 Å². The molecule has 0 aromatic heterocycles. The third kappa shape index (κ3) is 3.31. The summed E-state index contributed by atoms with van der Waals surface area (Å²) in [5.41, 5.74) is 1.84. The number of thioether (sulfide) groups is 1. The monoisotopic (exact) mass is 373 g/mol. The van der Waals surface area contributed by atoms with Crippen LogP contribution in [0.2, 0.25) is 0 Å². The lowest BCUT2D eigenvalue weighted by Gasteiger charge is -2.12. The molecule has 1 aliphatic rings. The summed E-state index contributed by atoms with van der Waals surface area (Å²) in [5.74, 6) is -0.234. The maximum Gasteiger partial charge on any atom is 0.293 e. The van der Waals surface area contributed by atoms with Crippen molar-refractivity contribution in [3.8, 4) is 0 Å². The molecule has 3 rings (SSSR count). The summed E-state index contributed by atoms with van der Waals surface area (Å²) in [4.78, 5) is 26.2. The van der Waals surface area contributed by atoms with E-state index in [9.17, 15) is 9.59 Å². The zero-order valence-corrected chi connectivity index (χ0v) is 13.9. The Hall–Kier alpha value is -1.85. The predicted molar refractivity (Wildman–Crippen MR) is 92.1 cm³/mol. The van der Waals surface area contributed by atoms with Crippen molar-refractivity contribution < 1.29 is 9.59 Å². The normalized spacial score (nSPS) is 16.6. The highest BCUT2D eigenvalue weighted by Crippen LogP contribution is 2.33. The van der Waals surface area contributed by atoms with Crippen LogP contribution in [0.1, 0.15) is 11.1 Å². The molecule has 22 heavy (non-hydrogen) atoms. The summed E-state index contributed by atoms with van der Waals surface area (Å²) in [5, 5.41) is -0.227. The molecule has 0 radical (unpaired) electrons. The molecule has 3 nitrogen and oxygen atoms in total. The number of carbonyl (C=O) groups is 2. The molecule has 0 spiro atoms. The Kier molecular flexibility index (Phi) is 4.45. The molecule has 0 unspecified atom stereocenters. The number of halogens is 1. The fraction of sp³-hybridized carbons (Fsp3) is 0.0588. The van der Waals surface area contributed by atoms with E-state index in [1.54, 1.807) is 6.08 Å². The summed E-state index contributed by atoms with van der Waals surface area (Å²) in [6.45, 7) is 0.296. The molecule has 5 heteroatoms. The van der Waals surface area contributed by atoms with Crippen LogP contribution < -0.4 is 0 Å². The fourth-order valence-corrected chi connectivity index (χ4v) is 3.21. The summed E-state index contributed by atoms with van der Waals surface area (Å²) in [6, 6.07) is 17.1. The Balaban J connectivity index is 1.80. The van der Waals surface area contributed by atoms with Crippen LogP contribution in [0.5, 0.6) is 0 Å². The SMILES string of the molecule is O=C1S/C(=C\c2ccccc2)C(=O)N1Cc1ccc(Br)cc1. The summed E-state index contributed by atoms with van der Waals surface area (Å²) < 4.78 is 0.967. The first-order valence-electron chi connectivity index (χ1n) is 6.68. The van der Waals surface area contributed by atoms with Gasteiger partial charge in [0.2, 0.25) is 0 Å². The third-order valence-corrected chi connectivity index (χ3v) is 4.66. The third-order valence-electron chi connectivity index (χ3n) is 3.22. The maximum absolute atomic E-state index is 12.4. The van der Waals surface area contributed by atoms with Gasteiger partial charge in [-0.1, -0.05) is 58.4 Å². The quantitative estimate of drug-likeness (QED) is 0.732. The van der Waals surface area contributed by atoms with Crippen molar-refractivity contribution in [2.75, 3.05) is 0 Å². The van der Waals surface area contributed by atoms with Crippen LogP contribution in [0.15, 0.2) is 64.0 Å². The minimum atomic E-state index is -0.234. The van der Waals surface area contributed by atoms with Gasteiger partial charge in [-0.15, -0.1) is 0 Å². The highest BCUT2D eigenvalue weighted by molar-refractivity contribution is 9.10.